The number of carboxylic acids is 1. The lowest BCUT2D eigenvalue weighted by atomic mass is 10.1. The van der Waals surface area contributed by atoms with Gasteiger partial charge in [-0.2, -0.15) is 0 Å². The highest BCUT2D eigenvalue weighted by atomic mass is 16.5. The molecule has 1 heterocycles. The molecule has 2 amide bonds. The first-order valence-electron chi connectivity index (χ1n) is 6.97. The summed E-state index contributed by atoms with van der Waals surface area (Å²) < 4.78 is 5.06. The zero-order chi connectivity index (χ0) is 15.2. The summed E-state index contributed by atoms with van der Waals surface area (Å²) in [6.45, 7) is 1.08. The van der Waals surface area contributed by atoms with E-state index in [-0.39, 0.29) is 18.5 Å². The number of anilines is 1. The third kappa shape index (κ3) is 4.19. The Morgan fingerprint density at radius 2 is 2.29 bits per heavy atom. The van der Waals surface area contributed by atoms with E-state index in [0.29, 0.717) is 18.8 Å². The average molecular weight is 292 g/mol. The van der Waals surface area contributed by atoms with E-state index in [4.69, 9.17) is 9.84 Å². The highest BCUT2D eigenvalue weighted by Gasteiger charge is 2.30. The fraction of sp³-hybridized carbons (Fsp3) is 0.467. The van der Waals surface area contributed by atoms with Crippen LogP contribution in [0.1, 0.15) is 24.8 Å². The second kappa shape index (κ2) is 7.08. The van der Waals surface area contributed by atoms with Crippen LogP contribution < -0.4 is 5.32 Å². The number of nitrogens with zero attached hydrogens (tertiary/aromatic N) is 1. The third-order valence-electron chi connectivity index (χ3n) is 3.54. The van der Waals surface area contributed by atoms with Crippen LogP contribution in [0.4, 0.5) is 10.5 Å². The van der Waals surface area contributed by atoms with E-state index in [2.05, 4.69) is 5.32 Å². The highest BCUT2D eigenvalue weighted by Crippen LogP contribution is 2.21. The van der Waals surface area contributed by atoms with Crippen LogP contribution in [0, 0.1) is 0 Å². The molecule has 1 fully saturated rings. The van der Waals surface area contributed by atoms with Gasteiger partial charge in [-0.05, 0) is 30.5 Å². The van der Waals surface area contributed by atoms with Gasteiger partial charge in [-0.1, -0.05) is 12.1 Å². The maximum absolute atomic E-state index is 12.3. The highest BCUT2D eigenvalue weighted by molar-refractivity contribution is 5.90. The van der Waals surface area contributed by atoms with Gasteiger partial charge in [-0.3, -0.25) is 4.79 Å². The molecule has 0 spiro atoms. The molecule has 6 heteroatoms. The Bertz CT molecular complexity index is 518. The summed E-state index contributed by atoms with van der Waals surface area (Å²) in [6, 6.07) is 6.96. The van der Waals surface area contributed by atoms with Crippen molar-refractivity contribution in [1.29, 1.82) is 0 Å². The van der Waals surface area contributed by atoms with E-state index < -0.39 is 5.97 Å². The Balaban J connectivity index is 2.00. The number of ether oxygens (including phenoxy) is 1. The smallest absolute Gasteiger partial charge is 0.322 e. The number of carbonyl (C=O) groups is 2. The van der Waals surface area contributed by atoms with Crippen molar-refractivity contribution >= 4 is 17.7 Å². The lowest BCUT2D eigenvalue weighted by Crippen LogP contribution is -2.39. The second-order valence-electron chi connectivity index (χ2n) is 5.15. The number of methoxy groups -OCH3 is 1. The average Bonchev–Trinajstić information content (AvgIpc) is 2.87. The van der Waals surface area contributed by atoms with Crippen molar-refractivity contribution in [3.63, 3.8) is 0 Å². The first kappa shape index (κ1) is 15.3. The molecule has 2 rings (SSSR count). The Morgan fingerprint density at radius 3 is 3.00 bits per heavy atom. The number of urea groups is 1. The third-order valence-corrected chi connectivity index (χ3v) is 3.54. The quantitative estimate of drug-likeness (QED) is 0.873. The summed E-state index contributed by atoms with van der Waals surface area (Å²) in [5.74, 6) is -0.873. The number of hydrogen-bond acceptors (Lipinski definition) is 3. The molecule has 21 heavy (non-hydrogen) atoms. The zero-order valence-corrected chi connectivity index (χ0v) is 12.0. The number of benzene rings is 1. The van der Waals surface area contributed by atoms with Gasteiger partial charge < -0.3 is 20.1 Å². The van der Waals surface area contributed by atoms with Gasteiger partial charge in [-0.25, -0.2) is 4.79 Å². The number of likely N-dealkylation sites (tertiary alicyclic amines) is 1. The molecule has 2 N–H and O–H groups in total. The molecule has 0 bridgehead atoms. The number of rotatable bonds is 5. The van der Waals surface area contributed by atoms with Gasteiger partial charge in [0.1, 0.15) is 0 Å². The molecule has 0 radical (unpaired) electrons. The number of carbonyl (C=O) groups excluding carboxylic acids is 1. The Labute approximate surface area is 123 Å². The molecule has 1 aliphatic rings. The maximum Gasteiger partial charge on any atom is 0.322 e. The summed E-state index contributed by atoms with van der Waals surface area (Å²) in [7, 11) is 1.62. The first-order chi connectivity index (χ1) is 10.1. The minimum absolute atomic E-state index is 0.00284. The van der Waals surface area contributed by atoms with Crippen molar-refractivity contribution in [2.24, 2.45) is 0 Å². The minimum atomic E-state index is -0.873. The molecule has 0 aliphatic carbocycles. The lowest BCUT2D eigenvalue weighted by molar-refractivity contribution is -0.137. The summed E-state index contributed by atoms with van der Waals surface area (Å²) in [5.41, 5.74) is 1.66. The van der Waals surface area contributed by atoms with Crippen LogP contribution in [-0.2, 0) is 16.1 Å². The summed E-state index contributed by atoms with van der Waals surface area (Å²) in [6.07, 6.45) is 1.58. The van der Waals surface area contributed by atoms with Gasteiger partial charge in [0.05, 0.1) is 13.0 Å². The van der Waals surface area contributed by atoms with Crippen LogP contribution in [0.25, 0.3) is 0 Å². The normalized spacial score (nSPS) is 17.8. The fourth-order valence-corrected chi connectivity index (χ4v) is 2.62. The van der Waals surface area contributed by atoms with Crippen LogP contribution in [-0.4, -0.2) is 41.7 Å². The second-order valence-corrected chi connectivity index (χ2v) is 5.15. The van der Waals surface area contributed by atoms with E-state index in [1.54, 1.807) is 18.1 Å². The van der Waals surface area contributed by atoms with Gasteiger partial charge in [0, 0.05) is 25.4 Å². The van der Waals surface area contributed by atoms with Gasteiger partial charge in [-0.15, -0.1) is 0 Å². The SMILES string of the molecule is COCc1cccc(NC(=O)N2CCCC2CC(=O)O)c1. The number of aliphatic carboxylic acids is 1. The summed E-state index contributed by atoms with van der Waals surface area (Å²) in [5, 5.41) is 11.7. The minimum Gasteiger partial charge on any atom is -0.481 e. The van der Waals surface area contributed by atoms with E-state index in [1.165, 1.54) is 0 Å². The molecular weight excluding hydrogens is 272 g/mol. The molecule has 1 aromatic carbocycles. The van der Waals surface area contributed by atoms with Gasteiger partial charge in [0.25, 0.3) is 0 Å². The molecule has 1 saturated heterocycles. The number of nitrogens with one attached hydrogen (secondary N) is 1. The van der Waals surface area contributed by atoms with Crippen molar-refractivity contribution < 1.29 is 19.4 Å². The standard InChI is InChI=1S/C15H20N2O4/c1-21-10-11-4-2-5-12(8-11)16-15(20)17-7-3-6-13(17)9-14(18)19/h2,4-5,8,13H,3,6-7,9-10H2,1H3,(H,16,20)(H,18,19). The van der Waals surface area contributed by atoms with Crippen LogP contribution in [0.5, 0.6) is 0 Å². The molecular formula is C15H20N2O4. The van der Waals surface area contributed by atoms with Gasteiger partial charge in [0.15, 0.2) is 0 Å². The monoisotopic (exact) mass is 292 g/mol. The Kier molecular flexibility index (Phi) is 5.16. The summed E-state index contributed by atoms with van der Waals surface area (Å²) in [4.78, 5) is 24.7. The lowest BCUT2D eigenvalue weighted by Gasteiger charge is -2.23. The van der Waals surface area contributed by atoms with E-state index in [0.717, 1.165) is 18.4 Å². The van der Waals surface area contributed by atoms with Crippen LogP contribution >= 0.6 is 0 Å². The van der Waals surface area contributed by atoms with Crippen molar-refractivity contribution in [2.45, 2.75) is 31.9 Å². The van der Waals surface area contributed by atoms with Gasteiger partial charge >= 0.3 is 12.0 Å². The van der Waals surface area contributed by atoms with Crippen LogP contribution in [0.3, 0.4) is 0 Å². The van der Waals surface area contributed by atoms with E-state index >= 15 is 0 Å². The Morgan fingerprint density at radius 1 is 1.48 bits per heavy atom. The number of amides is 2. The predicted molar refractivity (Wildman–Crippen MR) is 78.2 cm³/mol. The first-order valence-corrected chi connectivity index (χ1v) is 6.97. The van der Waals surface area contributed by atoms with E-state index in [1.807, 2.05) is 18.2 Å². The molecule has 1 aromatic rings. The van der Waals surface area contributed by atoms with Gasteiger partial charge in [0.2, 0.25) is 0 Å². The molecule has 1 aliphatic heterocycles. The van der Waals surface area contributed by atoms with Crippen molar-refractivity contribution in [3.8, 4) is 0 Å². The molecule has 1 unspecified atom stereocenters. The predicted octanol–water partition coefficient (Wildman–Crippen LogP) is 2.30. The topological polar surface area (TPSA) is 78.9 Å². The van der Waals surface area contributed by atoms with Crippen molar-refractivity contribution in [1.82, 2.24) is 4.90 Å². The Hall–Kier alpha value is -2.08. The molecule has 1 atom stereocenters. The van der Waals surface area contributed by atoms with Crippen molar-refractivity contribution in [3.05, 3.63) is 29.8 Å². The number of hydrogen-bond donors (Lipinski definition) is 2. The van der Waals surface area contributed by atoms with E-state index in [9.17, 15) is 9.59 Å². The number of carboxylic acid groups (broad SMARTS) is 1. The molecule has 0 aromatic heterocycles. The van der Waals surface area contributed by atoms with Crippen LogP contribution in [0.15, 0.2) is 24.3 Å². The zero-order valence-electron chi connectivity index (χ0n) is 12.0. The van der Waals surface area contributed by atoms with Crippen molar-refractivity contribution in [2.75, 3.05) is 19.0 Å². The molecule has 6 nitrogen and oxygen atoms in total. The fourth-order valence-electron chi connectivity index (χ4n) is 2.62. The largest absolute Gasteiger partial charge is 0.481 e. The molecule has 0 saturated carbocycles. The summed E-state index contributed by atoms with van der Waals surface area (Å²) >= 11 is 0. The van der Waals surface area contributed by atoms with Crippen LogP contribution in [0.2, 0.25) is 0 Å². The molecule has 114 valence electrons. The maximum atomic E-state index is 12.3.